The highest BCUT2D eigenvalue weighted by Gasteiger charge is 2.12. The first-order valence-electron chi connectivity index (χ1n) is 3.53. The van der Waals surface area contributed by atoms with Gasteiger partial charge >= 0.3 is 0 Å². The predicted molar refractivity (Wildman–Crippen MR) is 56.7 cm³/mol. The maximum absolute atomic E-state index is 11.2. The Hall–Kier alpha value is -0.860. The molecular formula is C9H9Cl2NO. The van der Waals surface area contributed by atoms with E-state index in [1.165, 1.54) is 0 Å². The zero-order chi connectivity index (χ0) is 7.68. The molecule has 13 heavy (non-hydrogen) atoms. The van der Waals surface area contributed by atoms with Gasteiger partial charge in [-0.3, -0.25) is 9.78 Å². The molecule has 1 aliphatic rings. The standard InChI is InChI=1S/C9H7NO.2ClH/c11-8-5-1-3-7-4-2-6-10-9(7)8;;/h1-4,6H,5H2;2*1H. The molecule has 0 unspecified atom stereocenters. The molecule has 0 fully saturated rings. The first-order chi connectivity index (χ1) is 5.38. The highest BCUT2D eigenvalue weighted by Crippen LogP contribution is 2.15. The van der Waals surface area contributed by atoms with E-state index in [-0.39, 0.29) is 30.6 Å². The Bertz CT molecular complexity index is 336. The molecule has 0 radical (unpaired) electrons. The van der Waals surface area contributed by atoms with E-state index >= 15 is 0 Å². The van der Waals surface area contributed by atoms with Crippen LogP contribution in [0.1, 0.15) is 22.5 Å². The number of nitrogens with zero attached hydrogens (tertiary/aromatic N) is 1. The van der Waals surface area contributed by atoms with Gasteiger partial charge in [-0.25, -0.2) is 0 Å². The van der Waals surface area contributed by atoms with E-state index in [2.05, 4.69) is 4.98 Å². The van der Waals surface area contributed by atoms with Gasteiger partial charge in [-0.2, -0.15) is 0 Å². The summed E-state index contributed by atoms with van der Waals surface area (Å²) in [5.74, 6) is 0.114. The number of hydrogen-bond donors (Lipinski definition) is 0. The minimum Gasteiger partial charge on any atom is -0.292 e. The van der Waals surface area contributed by atoms with Crippen molar-refractivity contribution in [2.75, 3.05) is 0 Å². The third-order valence-corrected chi connectivity index (χ3v) is 1.70. The second kappa shape index (κ2) is 5.00. The largest absolute Gasteiger partial charge is 0.292 e. The third kappa shape index (κ3) is 2.29. The molecule has 0 saturated heterocycles. The first-order valence-corrected chi connectivity index (χ1v) is 3.53. The number of pyridine rings is 1. The number of Topliss-reactive ketones (excluding diaryl/α,β-unsaturated/α-hetero) is 1. The molecule has 0 bridgehead atoms. The number of allylic oxidation sites excluding steroid dienone is 1. The fourth-order valence-corrected chi connectivity index (χ4v) is 1.17. The molecule has 70 valence electrons. The molecule has 1 heterocycles. The van der Waals surface area contributed by atoms with Gasteiger partial charge in [0.05, 0.1) is 0 Å². The Balaban J connectivity index is 0.000000720. The van der Waals surface area contributed by atoms with Crippen molar-refractivity contribution >= 4 is 36.7 Å². The Kier molecular flexibility index (Phi) is 4.67. The summed E-state index contributed by atoms with van der Waals surface area (Å²) in [4.78, 5) is 15.2. The van der Waals surface area contributed by atoms with Crippen LogP contribution in [0.5, 0.6) is 0 Å². The molecule has 0 N–H and O–H groups in total. The second-order valence-electron chi connectivity index (χ2n) is 2.47. The van der Waals surface area contributed by atoms with Crippen molar-refractivity contribution in [1.82, 2.24) is 4.98 Å². The van der Waals surface area contributed by atoms with Crippen molar-refractivity contribution in [2.24, 2.45) is 0 Å². The van der Waals surface area contributed by atoms with Crippen LogP contribution < -0.4 is 0 Å². The summed E-state index contributed by atoms with van der Waals surface area (Å²) >= 11 is 0. The van der Waals surface area contributed by atoms with E-state index < -0.39 is 0 Å². The maximum Gasteiger partial charge on any atom is 0.185 e. The maximum atomic E-state index is 11.2. The van der Waals surface area contributed by atoms with Crippen molar-refractivity contribution in [1.29, 1.82) is 0 Å². The molecule has 0 atom stereocenters. The first kappa shape index (κ1) is 12.1. The minimum absolute atomic E-state index is 0. The van der Waals surface area contributed by atoms with Gasteiger partial charge in [0.25, 0.3) is 0 Å². The quantitative estimate of drug-likeness (QED) is 0.669. The van der Waals surface area contributed by atoms with Gasteiger partial charge in [0, 0.05) is 18.2 Å². The lowest BCUT2D eigenvalue weighted by molar-refractivity contribution is 0.0990. The zero-order valence-corrected chi connectivity index (χ0v) is 8.40. The van der Waals surface area contributed by atoms with Gasteiger partial charge in [-0.05, 0) is 6.07 Å². The summed E-state index contributed by atoms with van der Waals surface area (Å²) in [5, 5.41) is 0. The van der Waals surface area contributed by atoms with Crippen LogP contribution in [0.3, 0.4) is 0 Å². The van der Waals surface area contributed by atoms with Crippen LogP contribution in [0.4, 0.5) is 0 Å². The van der Waals surface area contributed by atoms with Crippen LogP contribution in [0.2, 0.25) is 0 Å². The number of carbonyl (C=O) groups is 1. The fourth-order valence-electron chi connectivity index (χ4n) is 1.17. The highest BCUT2D eigenvalue weighted by molar-refractivity contribution is 6.00. The fraction of sp³-hybridized carbons (Fsp3) is 0.111. The van der Waals surface area contributed by atoms with Crippen molar-refractivity contribution in [2.45, 2.75) is 6.42 Å². The lowest BCUT2D eigenvalue weighted by atomic mass is 10.0. The smallest absolute Gasteiger partial charge is 0.185 e. The van der Waals surface area contributed by atoms with E-state index in [1.807, 2.05) is 24.3 Å². The minimum atomic E-state index is 0. The van der Waals surface area contributed by atoms with Gasteiger partial charge in [-0.15, -0.1) is 24.8 Å². The summed E-state index contributed by atoms with van der Waals surface area (Å²) in [6, 6.07) is 3.73. The number of fused-ring (bicyclic) bond motifs is 1. The normalized spacial score (nSPS) is 12.5. The molecular weight excluding hydrogens is 209 g/mol. The van der Waals surface area contributed by atoms with Crippen molar-refractivity contribution in [3.63, 3.8) is 0 Å². The average Bonchev–Trinajstić information content (AvgIpc) is 2.06. The molecule has 0 spiro atoms. The van der Waals surface area contributed by atoms with Crippen molar-refractivity contribution in [3.05, 3.63) is 35.7 Å². The van der Waals surface area contributed by atoms with E-state index in [1.54, 1.807) is 6.20 Å². The monoisotopic (exact) mass is 217 g/mol. The molecule has 4 heteroatoms. The second-order valence-corrected chi connectivity index (χ2v) is 2.47. The topological polar surface area (TPSA) is 30.0 Å². The van der Waals surface area contributed by atoms with Gasteiger partial charge in [0.2, 0.25) is 0 Å². The van der Waals surface area contributed by atoms with Crippen LogP contribution >= 0.6 is 24.8 Å². The number of ketones is 1. The molecule has 0 aliphatic heterocycles. The summed E-state index contributed by atoms with van der Waals surface area (Å²) in [5.41, 5.74) is 1.54. The van der Waals surface area contributed by atoms with Crippen LogP contribution in [0.15, 0.2) is 24.4 Å². The van der Waals surface area contributed by atoms with Gasteiger partial charge in [-0.1, -0.05) is 18.2 Å². The van der Waals surface area contributed by atoms with Crippen molar-refractivity contribution < 1.29 is 4.79 Å². The average molecular weight is 218 g/mol. The molecule has 0 amide bonds. The molecule has 0 saturated carbocycles. The van der Waals surface area contributed by atoms with Gasteiger partial charge in [0.15, 0.2) is 5.78 Å². The van der Waals surface area contributed by atoms with E-state index in [9.17, 15) is 4.79 Å². The molecule has 2 rings (SSSR count). The SMILES string of the molecule is Cl.Cl.O=C1CC=Cc2cccnc21. The number of rotatable bonds is 0. The number of halogens is 2. The van der Waals surface area contributed by atoms with Crippen LogP contribution in [-0.4, -0.2) is 10.8 Å². The Labute approximate surface area is 88.9 Å². The molecule has 1 aromatic heterocycles. The highest BCUT2D eigenvalue weighted by atomic mass is 35.5. The van der Waals surface area contributed by atoms with Crippen LogP contribution in [0.25, 0.3) is 6.08 Å². The summed E-state index contributed by atoms with van der Waals surface area (Å²) in [6.45, 7) is 0. The van der Waals surface area contributed by atoms with Crippen LogP contribution in [-0.2, 0) is 0 Å². The zero-order valence-electron chi connectivity index (χ0n) is 6.77. The van der Waals surface area contributed by atoms with E-state index in [4.69, 9.17) is 0 Å². The molecule has 0 aromatic carbocycles. The van der Waals surface area contributed by atoms with Gasteiger partial charge < -0.3 is 0 Å². The summed E-state index contributed by atoms with van der Waals surface area (Å²) in [6.07, 6.45) is 5.94. The Morgan fingerprint density at radius 1 is 1.31 bits per heavy atom. The summed E-state index contributed by atoms with van der Waals surface area (Å²) in [7, 11) is 0. The van der Waals surface area contributed by atoms with Gasteiger partial charge in [0.1, 0.15) is 5.69 Å². The molecule has 1 aromatic rings. The Morgan fingerprint density at radius 3 is 2.77 bits per heavy atom. The molecule has 2 nitrogen and oxygen atoms in total. The van der Waals surface area contributed by atoms with Crippen LogP contribution in [0, 0.1) is 0 Å². The van der Waals surface area contributed by atoms with Crippen molar-refractivity contribution in [3.8, 4) is 0 Å². The van der Waals surface area contributed by atoms with E-state index in [0.29, 0.717) is 12.1 Å². The lowest BCUT2D eigenvalue weighted by Gasteiger charge is -2.05. The third-order valence-electron chi connectivity index (χ3n) is 1.70. The Morgan fingerprint density at radius 2 is 2.08 bits per heavy atom. The molecule has 1 aliphatic carbocycles. The number of aromatic nitrogens is 1. The summed E-state index contributed by atoms with van der Waals surface area (Å²) < 4.78 is 0. The number of hydrogen-bond acceptors (Lipinski definition) is 2. The number of carbonyl (C=O) groups excluding carboxylic acids is 1. The predicted octanol–water partition coefficient (Wildman–Crippen LogP) is 2.52. The van der Waals surface area contributed by atoms with E-state index in [0.717, 1.165) is 5.56 Å². The lowest BCUT2D eigenvalue weighted by Crippen LogP contribution is -2.06.